The maximum absolute atomic E-state index is 12.6. The quantitative estimate of drug-likeness (QED) is 0.786. The first-order valence-corrected chi connectivity index (χ1v) is 10.8. The van der Waals surface area contributed by atoms with E-state index in [0.717, 1.165) is 35.9 Å². The van der Waals surface area contributed by atoms with Crippen LogP contribution in [0.25, 0.3) is 5.70 Å². The Kier molecular flexibility index (Phi) is 5.74. The summed E-state index contributed by atoms with van der Waals surface area (Å²) in [4.78, 5) is 17.4. The fraction of sp³-hybridized carbons (Fsp3) is 0.348. The standard InChI is InChI=1S/C23H27N3OS/c1-3-19-18-14-16(2)6-8-21(18)28-22-9-7-17(15-20(22)25-19)23(27)24-10-13-26-11-4-5-12-26/h3,6-9,14-15,25H,4-5,10-13H2,1-2H3,(H,24,27). The van der Waals surface area contributed by atoms with E-state index in [1.807, 2.05) is 25.1 Å². The second-order valence-corrected chi connectivity index (χ2v) is 8.53. The van der Waals surface area contributed by atoms with Gasteiger partial charge in [-0.2, -0.15) is 0 Å². The van der Waals surface area contributed by atoms with Gasteiger partial charge < -0.3 is 15.5 Å². The van der Waals surface area contributed by atoms with Gasteiger partial charge in [-0.1, -0.05) is 29.5 Å². The van der Waals surface area contributed by atoms with Crippen molar-refractivity contribution < 1.29 is 4.79 Å². The highest BCUT2D eigenvalue weighted by atomic mass is 32.2. The highest BCUT2D eigenvalue weighted by Gasteiger charge is 2.19. The number of hydrogen-bond acceptors (Lipinski definition) is 4. The fourth-order valence-corrected chi connectivity index (χ4v) is 4.80. The molecule has 1 saturated heterocycles. The normalized spacial score (nSPS) is 17.6. The number of amides is 1. The summed E-state index contributed by atoms with van der Waals surface area (Å²) in [5.74, 6) is -0.00608. The molecular weight excluding hydrogens is 366 g/mol. The number of carbonyl (C=O) groups is 1. The summed E-state index contributed by atoms with van der Waals surface area (Å²) in [5, 5.41) is 6.61. The first-order chi connectivity index (χ1) is 13.6. The molecule has 0 aromatic heterocycles. The van der Waals surface area contributed by atoms with Crippen molar-refractivity contribution in [1.29, 1.82) is 0 Å². The zero-order valence-electron chi connectivity index (χ0n) is 16.5. The molecule has 0 unspecified atom stereocenters. The molecule has 4 nitrogen and oxygen atoms in total. The predicted molar refractivity (Wildman–Crippen MR) is 117 cm³/mol. The maximum atomic E-state index is 12.6. The van der Waals surface area contributed by atoms with Gasteiger partial charge in [-0.3, -0.25) is 4.79 Å². The molecule has 0 saturated carbocycles. The molecule has 0 atom stereocenters. The average molecular weight is 394 g/mol. The van der Waals surface area contributed by atoms with E-state index in [1.165, 1.54) is 28.9 Å². The Bertz CT molecular complexity index is 916. The lowest BCUT2D eigenvalue weighted by Crippen LogP contribution is -2.33. The highest BCUT2D eigenvalue weighted by Crippen LogP contribution is 2.42. The number of nitrogens with zero attached hydrogens (tertiary/aromatic N) is 1. The molecule has 28 heavy (non-hydrogen) atoms. The number of rotatable bonds is 4. The Labute approximate surface area is 171 Å². The van der Waals surface area contributed by atoms with E-state index in [1.54, 1.807) is 11.8 Å². The molecule has 2 aromatic carbocycles. The summed E-state index contributed by atoms with van der Waals surface area (Å²) in [6.45, 7) is 8.09. The Balaban J connectivity index is 1.51. The van der Waals surface area contributed by atoms with Crippen molar-refractivity contribution in [2.24, 2.45) is 0 Å². The van der Waals surface area contributed by atoms with Gasteiger partial charge in [0.15, 0.2) is 0 Å². The van der Waals surface area contributed by atoms with Crippen molar-refractivity contribution in [3.8, 4) is 0 Å². The number of benzene rings is 2. The highest BCUT2D eigenvalue weighted by molar-refractivity contribution is 7.99. The SMILES string of the molecule is CC=C1Nc2cc(C(=O)NCCN3CCCC3)ccc2Sc2ccc(C)cc21. The summed E-state index contributed by atoms with van der Waals surface area (Å²) in [6, 6.07) is 12.5. The second-order valence-electron chi connectivity index (χ2n) is 7.44. The van der Waals surface area contributed by atoms with Crippen LogP contribution in [-0.2, 0) is 0 Å². The van der Waals surface area contributed by atoms with Gasteiger partial charge in [0.2, 0.25) is 0 Å². The number of anilines is 1. The minimum atomic E-state index is -0.00608. The van der Waals surface area contributed by atoms with Crippen molar-refractivity contribution in [2.45, 2.75) is 36.5 Å². The van der Waals surface area contributed by atoms with E-state index in [-0.39, 0.29) is 5.91 Å². The van der Waals surface area contributed by atoms with Crippen LogP contribution in [0.4, 0.5) is 5.69 Å². The molecule has 1 amide bonds. The Morgan fingerprint density at radius 2 is 1.96 bits per heavy atom. The molecular formula is C23H27N3OS. The Morgan fingerprint density at radius 3 is 2.75 bits per heavy atom. The van der Waals surface area contributed by atoms with E-state index in [2.05, 4.69) is 46.7 Å². The molecule has 2 N–H and O–H groups in total. The Morgan fingerprint density at radius 1 is 1.18 bits per heavy atom. The topological polar surface area (TPSA) is 44.4 Å². The van der Waals surface area contributed by atoms with E-state index in [4.69, 9.17) is 0 Å². The van der Waals surface area contributed by atoms with Crippen LogP contribution in [0.1, 0.15) is 41.3 Å². The molecule has 0 radical (unpaired) electrons. The van der Waals surface area contributed by atoms with Gasteiger partial charge >= 0.3 is 0 Å². The number of carbonyl (C=O) groups excluding carboxylic acids is 1. The first kappa shape index (κ1) is 19.1. The second kappa shape index (κ2) is 8.41. The van der Waals surface area contributed by atoms with Gasteiger partial charge in [-0.05, 0) is 70.1 Å². The van der Waals surface area contributed by atoms with E-state index < -0.39 is 0 Å². The molecule has 0 spiro atoms. The number of nitrogens with one attached hydrogen (secondary N) is 2. The molecule has 2 aromatic rings. The first-order valence-electron chi connectivity index (χ1n) is 10.0. The van der Waals surface area contributed by atoms with Crippen LogP contribution in [0.5, 0.6) is 0 Å². The van der Waals surface area contributed by atoms with Gasteiger partial charge in [-0.25, -0.2) is 0 Å². The number of hydrogen-bond donors (Lipinski definition) is 2. The lowest BCUT2D eigenvalue weighted by Gasteiger charge is -2.15. The summed E-state index contributed by atoms with van der Waals surface area (Å²) in [6.07, 6.45) is 4.64. The van der Waals surface area contributed by atoms with Crippen LogP contribution in [-0.4, -0.2) is 37.0 Å². The molecule has 5 heteroatoms. The largest absolute Gasteiger partial charge is 0.354 e. The van der Waals surface area contributed by atoms with E-state index in [0.29, 0.717) is 12.1 Å². The predicted octanol–water partition coefficient (Wildman–Crippen LogP) is 4.76. The van der Waals surface area contributed by atoms with Crippen LogP contribution in [0.3, 0.4) is 0 Å². The molecule has 2 aliphatic heterocycles. The van der Waals surface area contributed by atoms with E-state index >= 15 is 0 Å². The van der Waals surface area contributed by atoms with Gasteiger partial charge in [0.1, 0.15) is 0 Å². The third-order valence-corrected chi connectivity index (χ3v) is 6.51. The third kappa shape index (κ3) is 4.10. The smallest absolute Gasteiger partial charge is 0.251 e. The van der Waals surface area contributed by atoms with Crippen LogP contribution < -0.4 is 10.6 Å². The monoisotopic (exact) mass is 393 g/mol. The molecule has 0 aliphatic carbocycles. The van der Waals surface area contributed by atoms with Crippen molar-refractivity contribution in [3.63, 3.8) is 0 Å². The molecule has 2 aliphatic rings. The third-order valence-electron chi connectivity index (χ3n) is 5.36. The summed E-state index contributed by atoms with van der Waals surface area (Å²) in [7, 11) is 0. The molecule has 0 bridgehead atoms. The lowest BCUT2D eigenvalue weighted by molar-refractivity contribution is 0.0949. The van der Waals surface area contributed by atoms with Crippen molar-refractivity contribution in [2.75, 3.05) is 31.5 Å². The lowest BCUT2D eigenvalue weighted by atomic mass is 10.1. The van der Waals surface area contributed by atoms with Crippen LogP contribution in [0, 0.1) is 6.92 Å². The zero-order valence-corrected chi connectivity index (χ0v) is 17.4. The zero-order chi connectivity index (χ0) is 19.5. The number of allylic oxidation sites excluding steroid dienone is 1. The summed E-state index contributed by atoms with van der Waals surface area (Å²) >= 11 is 1.74. The van der Waals surface area contributed by atoms with Crippen LogP contribution in [0.15, 0.2) is 52.3 Å². The fourth-order valence-electron chi connectivity index (χ4n) is 3.80. The van der Waals surface area contributed by atoms with Gasteiger partial charge in [-0.15, -0.1) is 0 Å². The summed E-state index contributed by atoms with van der Waals surface area (Å²) < 4.78 is 0. The van der Waals surface area contributed by atoms with Gasteiger partial charge in [0, 0.05) is 39.7 Å². The van der Waals surface area contributed by atoms with Crippen LogP contribution >= 0.6 is 11.8 Å². The summed E-state index contributed by atoms with van der Waals surface area (Å²) in [5.41, 5.74) is 5.21. The van der Waals surface area contributed by atoms with Crippen molar-refractivity contribution in [3.05, 3.63) is 59.2 Å². The minimum absolute atomic E-state index is 0.00608. The number of aryl methyl sites for hydroxylation is 1. The number of likely N-dealkylation sites (tertiary alicyclic amines) is 1. The van der Waals surface area contributed by atoms with Crippen molar-refractivity contribution in [1.82, 2.24) is 10.2 Å². The minimum Gasteiger partial charge on any atom is -0.354 e. The number of fused-ring (bicyclic) bond motifs is 2. The molecule has 146 valence electrons. The molecule has 1 fully saturated rings. The van der Waals surface area contributed by atoms with Crippen LogP contribution in [0.2, 0.25) is 0 Å². The van der Waals surface area contributed by atoms with Gasteiger partial charge in [0.25, 0.3) is 5.91 Å². The van der Waals surface area contributed by atoms with Gasteiger partial charge in [0.05, 0.1) is 5.69 Å². The maximum Gasteiger partial charge on any atom is 0.251 e. The Hall–Kier alpha value is -2.24. The van der Waals surface area contributed by atoms with E-state index in [9.17, 15) is 4.79 Å². The molecule has 2 heterocycles. The molecule has 4 rings (SSSR count). The van der Waals surface area contributed by atoms with Crippen molar-refractivity contribution >= 4 is 29.1 Å². The average Bonchev–Trinajstić information content (AvgIpc) is 3.16.